The fraction of sp³-hybridized carbons (Fsp3) is 0.333. The molecule has 0 aliphatic heterocycles. The highest BCUT2D eigenvalue weighted by Gasteiger charge is 2.14. The Bertz CT molecular complexity index is 506. The summed E-state index contributed by atoms with van der Waals surface area (Å²) < 4.78 is 1.81. The van der Waals surface area contributed by atoms with E-state index in [2.05, 4.69) is 10.3 Å². The maximum Gasteiger partial charge on any atom is 0.271 e. The third-order valence-corrected chi connectivity index (χ3v) is 3.63. The third kappa shape index (κ3) is 2.96. The molecule has 96 valence electrons. The van der Waals surface area contributed by atoms with Gasteiger partial charge in [0.2, 0.25) is 0 Å². The number of hydrogen-bond donors (Lipinski definition) is 2. The minimum Gasteiger partial charge on any atom is -0.343 e. The highest BCUT2D eigenvalue weighted by atomic mass is 32.1. The summed E-state index contributed by atoms with van der Waals surface area (Å²) in [6.45, 7) is 3.16. The first kappa shape index (κ1) is 12.8. The van der Waals surface area contributed by atoms with Crippen molar-refractivity contribution >= 4 is 17.2 Å². The molecule has 2 heterocycles. The first-order valence-corrected chi connectivity index (χ1v) is 6.65. The average molecular weight is 264 g/mol. The zero-order valence-electron chi connectivity index (χ0n) is 10.2. The molecule has 18 heavy (non-hydrogen) atoms. The van der Waals surface area contributed by atoms with Gasteiger partial charge in [-0.3, -0.25) is 4.79 Å². The van der Waals surface area contributed by atoms with Gasteiger partial charge in [0.05, 0.1) is 12.4 Å². The monoisotopic (exact) mass is 264 g/mol. The standard InChI is InChI=1S/C12H16N4OS/c1-9(11-3-2-6-18-11)15-12(17)10-7-16(5-4-13)8-14-10/h2-3,6-9H,4-5,13H2,1H3,(H,15,17)/t9-/m0/s1. The van der Waals surface area contributed by atoms with E-state index >= 15 is 0 Å². The van der Waals surface area contributed by atoms with Gasteiger partial charge in [0.15, 0.2) is 0 Å². The molecule has 1 atom stereocenters. The Morgan fingerprint density at radius 3 is 3.17 bits per heavy atom. The summed E-state index contributed by atoms with van der Waals surface area (Å²) in [7, 11) is 0. The van der Waals surface area contributed by atoms with E-state index in [1.807, 2.05) is 29.0 Å². The number of imidazole rings is 1. The Morgan fingerprint density at radius 1 is 1.67 bits per heavy atom. The van der Waals surface area contributed by atoms with Gasteiger partial charge in [0, 0.05) is 24.2 Å². The summed E-state index contributed by atoms with van der Waals surface area (Å²) in [5, 5.41) is 4.91. The zero-order chi connectivity index (χ0) is 13.0. The van der Waals surface area contributed by atoms with Crippen molar-refractivity contribution in [2.24, 2.45) is 5.73 Å². The lowest BCUT2D eigenvalue weighted by molar-refractivity contribution is 0.0936. The number of hydrogen-bond acceptors (Lipinski definition) is 4. The molecule has 0 bridgehead atoms. The molecule has 0 saturated carbocycles. The summed E-state index contributed by atoms with van der Waals surface area (Å²) in [5.41, 5.74) is 5.87. The van der Waals surface area contributed by atoms with Crippen LogP contribution in [0.4, 0.5) is 0 Å². The molecule has 0 aromatic carbocycles. The molecule has 6 heteroatoms. The van der Waals surface area contributed by atoms with Crippen molar-refractivity contribution in [3.8, 4) is 0 Å². The minimum absolute atomic E-state index is 0.00263. The number of nitrogens with two attached hydrogens (primary N) is 1. The SMILES string of the molecule is C[C@H](NC(=O)c1cn(CCN)cn1)c1cccs1. The van der Waals surface area contributed by atoms with Gasteiger partial charge in [-0.25, -0.2) is 4.98 Å². The third-order valence-electron chi connectivity index (χ3n) is 2.57. The van der Waals surface area contributed by atoms with Crippen LogP contribution < -0.4 is 11.1 Å². The fourth-order valence-corrected chi connectivity index (χ4v) is 2.36. The number of nitrogens with zero attached hydrogens (tertiary/aromatic N) is 2. The van der Waals surface area contributed by atoms with Gasteiger partial charge in [0.1, 0.15) is 5.69 Å². The lowest BCUT2D eigenvalue weighted by atomic mass is 10.2. The summed E-state index contributed by atoms with van der Waals surface area (Å²) in [6, 6.07) is 3.97. The molecule has 0 aliphatic rings. The van der Waals surface area contributed by atoms with Crippen molar-refractivity contribution in [2.45, 2.75) is 19.5 Å². The van der Waals surface area contributed by atoms with Gasteiger partial charge >= 0.3 is 0 Å². The van der Waals surface area contributed by atoms with Crippen LogP contribution in [0.25, 0.3) is 0 Å². The number of carbonyl (C=O) groups excluding carboxylic acids is 1. The molecule has 0 spiro atoms. The van der Waals surface area contributed by atoms with Crippen LogP contribution in [0.15, 0.2) is 30.0 Å². The van der Waals surface area contributed by atoms with Crippen molar-refractivity contribution < 1.29 is 4.79 Å². The topological polar surface area (TPSA) is 72.9 Å². The second kappa shape index (κ2) is 5.79. The van der Waals surface area contributed by atoms with Crippen LogP contribution >= 0.6 is 11.3 Å². The molecule has 5 nitrogen and oxygen atoms in total. The Labute approximate surface area is 110 Å². The molecule has 0 unspecified atom stereocenters. The molecule has 3 N–H and O–H groups in total. The highest BCUT2D eigenvalue weighted by molar-refractivity contribution is 7.10. The van der Waals surface area contributed by atoms with E-state index in [9.17, 15) is 4.79 Å². The predicted molar refractivity (Wildman–Crippen MR) is 71.5 cm³/mol. The van der Waals surface area contributed by atoms with Crippen molar-refractivity contribution in [3.63, 3.8) is 0 Å². The maximum atomic E-state index is 12.0. The molecule has 2 aromatic heterocycles. The predicted octanol–water partition coefficient (Wildman–Crippen LogP) is 1.39. The minimum atomic E-state index is -0.160. The van der Waals surface area contributed by atoms with Crippen molar-refractivity contribution in [1.29, 1.82) is 0 Å². The molecule has 0 radical (unpaired) electrons. The zero-order valence-corrected chi connectivity index (χ0v) is 11.0. The molecule has 1 amide bonds. The second-order valence-electron chi connectivity index (χ2n) is 4.00. The lowest BCUT2D eigenvalue weighted by Gasteiger charge is -2.10. The van der Waals surface area contributed by atoms with Crippen molar-refractivity contribution in [1.82, 2.24) is 14.9 Å². The Hall–Kier alpha value is -1.66. The number of aromatic nitrogens is 2. The fourth-order valence-electron chi connectivity index (χ4n) is 1.63. The van der Waals surface area contributed by atoms with E-state index in [1.54, 1.807) is 23.9 Å². The number of thiophene rings is 1. The van der Waals surface area contributed by atoms with Crippen LogP contribution in [-0.4, -0.2) is 22.0 Å². The summed E-state index contributed by atoms with van der Waals surface area (Å²) in [5.74, 6) is -0.160. The highest BCUT2D eigenvalue weighted by Crippen LogP contribution is 2.18. The van der Waals surface area contributed by atoms with Gasteiger partial charge in [-0.2, -0.15) is 0 Å². The molecule has 0 fully saturated rings. The van der Waals surface area contributed by atoms with Gasteiger partial charge in [-0.1, -0.05) is 6.07 Å². The van der Waals surface area contributed by atoms with Crippen LogP contribution in [0, 0.1) is 0 Å². The van der Waals surface area contributed by atoms with E-state index in [4.69, 9.17) is 5.73 Å². The number of nitrogens with one attached hydrogen (secondary N) is 1. The maximum absolute atomic E-state index is 12.0. The lowest BCUT2D eigenvalue weighted by Crippen LogP contribution is -2.26. The van der Waals surface area contributed by atoms with Crippen LogP contribution in [0.5, 0.6) is 0 Å². The Balaban J connectivity index is 1.98. The van der Waals surface area contributed by atoms with Crippen molar-refractivity contribution in [2.75, 3.05) is 6.54 Å². The smallest absolute Gasteiger partial charge is 0.271 e. The average Bonchev–Trinajstić information content (AvgIpc) is 3.00. The van der Waals surface area contributed by atoms with Gasteiger partial charge in [0.25, 0.3) is 5.91 Å². The molecule has 0 saturated heterocycles. The van der Waals surface area contributed by atoms with Gasteiger partial charge in [-0.15, -0.1) is 11.3 Å². The van der Waals surface area contributed by atoms with Gasteiger partial charge < -0.3 is 15.6 Å². The Kier molecular flexibility index (Phi) is 4.11. The quantitative estimate of drug-likeness (QED) is 0.857. The number of carbonyl (C=O) groups is 1. The summed E-state index contributed by atoms with van der Waals surface area (Å²) in [4.78, 5) is 17.2. The molecule has 2 rings (SSSR count). The van der Waals surface area contributed by atoms with Crippen LogP contribution in [0.2, 0.25) is 0 Å². The van der Waals surface area contributed by atoms with E-state index < -0.39 is 0 Å². The largest absolute Gasteiger partial charge is 0.343 e. The normalized spacial score (nSPS) is 12.3. The van der Waals surface area contributed by atoms with E-state index in [-0.39, 0.29) is 11.9 Å². The number of rotatable bonds is 5. The first-order valence-electron chi connectivity index (χ1n) is 5.77. The molecular weight excluding hydrogens is 248 g/mol. The van der Waals surface area contributed by atoms with Crippen LogP contribution in [-0.2, 0) is 6.54 Å². The van der Waals surface area contributed by atoms with Crippen LogP contribution in [0.1, 0.15) is 28.3 Å². The van der Waals surface area contributed by atoms with E-state index in [0.717, 1.165) is 4.88 Å². The molecule has 2 aromatic rings. The summed E-state index contributed by atoms with van der Waals surface area (Å²) in [6.07, 6.45) is 3.33. The molecule has 0 aliphatic carbocycles. The van der Waals surface area contributed by atoms with Crippen molar-refractivity contribution in [3.05, 3.63) is 40.6 Å². The van der Waals surface area contributed by atoms with E-state index in [1.165, 1.54) is 0 Å². The van der Waals surface area contributed by atoms with E-state index in [0.29, 0.717) is 18.8 Å². The summed E-state index contributed by atoms with van der Waals surface area (Å²) >= 11 is 1.62. The number of amides is 1. The first-order chi connectivity index (χ1) is 8.70. The van der Waals surface area contributed by atoms with Gasteiger partial charge in [-0.05, 0) is 18.4 Å². The second-order valence-corrected chi connectivity index (χ2v) is 4.98. The Morgan fingerprint density at radius 2 is 2.50 bits per heavy atom. The van der Waals surface area contributed by atoms with Crippen LogP contribution in [0.3, 0.4) is 0 Å². The molecular formula is C12H16N4OS.